The Balaban J connectivity index is 2.06. The third-order valence-corrected chi connectivity index (χ3v) is 3.30. The Hall–Kier alpha value is -2.75. The number of hydrogen-bond donors (Lipinski definition) is 0. The zero-order valence-corrected chi connectivity index (χ0v) is 11.8. The zero-order valence-electron chi connectivity index (χ0n) is 11.8. The number of carbonyl (C=O) groups excluding carboxylic acids is 1. The summed E-state index contributed by atoms with van der Waals surface area (Å²) < 4.78 is 15.7. The number of fused-ring (bicyclic) bond motifs is 1. The number of esters is 1. The van der Waals surface area contributed by atoms with Gasteiger partial charge in [0, 0.05) is 10.9 Å². The molecule has 106 valence electrons. The maximum absolute atomic E-state index is 11.5. The fraction of sp³-hybridized carbons (Fsp3) is 0.118. The molecule has 2 aromatic carbocycles. The number of methoxy groups -OCH3 is 2. The van der Waals surface area contributed by atoms with E-state index in [2.05, 4.69) is 0 Å². The normalized spacial score (nSPS) is 10.6. The van der Waals surface area contributed by atoms with Gasteiger partial charge in [-0.1, -0.05) is 18.2 Å². The van der Waals surface area contributed by atoms with E-state index < -0.39 is 0 Å². The summed E-state index contributed by atoms with van der Waals surface area (Å²) in [5.41, 5.74) is 2.04. The average Bonchev–Trinajstić information content (AvgIpc) is 2.97. The van der Waals surface area contributed by atoms with Crippen LogP contribution in [0.2, 0.25) is 0 Å². The highest BCUT2D eigenvalue weighted by molar-refractivity contribution is 5.94. The van der Waals surface area contributed by atoms with Crippen LogP contribution in [-0.4, -0.2) is 20.2 Å². The lowest BCUT2D eigenvalue weighted by Gasteiger charge is -2.01. The minimum atomic E-state index is -0.378. The van der Waals surface area contributed by atoms with Crippen LogP contribution in [0.25, 0.3) is 22.3 Å². The SMILES string of the molecule is COC(=O)c1ccc2cc(-c3cccc(OC)c3)oc2c1. The number of ether oxygens (including phenoxy) is 2. The van der Waals surface area contributed by atoms with Crippen molar-refractivity contribution in [1.82, 2.24) is 0 Å². The highest BCUT2D eigenvalue weighted by Gasteiger charge is 2.11. The van der Waals surface area contributed by atoms with Crippen molar-refractivity contribution in [3.63, 3.8) is 0 Å². The average molecular weight is 282 g/mol. The Kier molecular flexibility index (Phi) is 3.36. The summed E-state index contributed by atoms with van der Waals surface area (Å²) in [6.07, 6.45) is 0. The number of hydrogen-bond acceptors (Lipinski definition) is 4. The molecule has 3 aromatic rings. The molecular formula is C17H14O4. The Labute approximate surface area is 121 Å². The van der Waals surface area contributed by atoms with Gasteiger partial charge >= 0.3 is 5.97 Å². The topological polar surface area (TPSA) is 48.7 Å². The van der Waals surface area contributed by atoms with Crippen LogP contribution >= 0.6 is 0 Å². The van der Waals surface area contributed by atoms with Gasteiger partial charge in [-0.15, -0.1) is 0 Å². The number of carbonyl (C=O) groups is 1. The van der Waals surface area contributed by atoms with E-state index in [0.717, 1.165) is 22.5 Å². The summed E-state index contributed by atoms with van der Waals surface area (Å²) in [6.45, 7) is 0. The van der Waals surface area contributed by atoms with Crippen LogP contribution in [0.15, 0.2) is 52.9 Å². The molecule has 1 heterocycles. The molecule has 0 spiro atoms. The van der Waals surface area contributed by atoms with E-state index >= 15 is 0 Å². The lowest BCUT2D eigenvalue weighted by atomic mass is 10.1. The second-order valence-corrected chi connectivity index (χ2v) is 4.59. The first-order chi connectivity index (χ1) is 10.2. The van der Waals surface area contributed by atoms with Crippen LogP contribution in [0, 0.1) is 0 Å². The van der Waals surface area contributed by atoms with Gasteiger partial charge in [0.15, 0.2) is 0 Å². The quantitative estimate of drug-likeness (QED) is 0.684. The maximum Gasteiger partial charge on any atom is 0.337 e. The van der Waals surface area contributed by atoms with E-state index in [0.29, 0.717) is 11.1 Å². The molecule has 0 unspecified atom stereocenters. The highest BCUT2D eigenvalue weighted by atomic mass is 16.5. The standard InChI is InChI=1S/C17H14O4/c1-19-14-5-3-4-11(8-14)15-9-12-6-7-13(17(18)20-2)10-16(12)21-15/h3-10H,1-2H3. The van der Waals surface area contributed by atoms with Crippen molar-refractivity contribution >= 4 is 16.9 Å². The predicted octanol–water partition coefficient (Wildman–Crippen LogP) is 3.90. The fourth-order valence-corrected chi connectivity index (χ4v) is 2.19. The van der Waals surface area contributed by atoms with Gasteiger partial charge in [-0.25, -0.2) is 4.79 Å². The molecule has 0 amide bonds. The summed E-state index contributed by atoms with van der Waals surface area (Å²) >= 11 is 0. The number of benzene rings is 2. The molecule has 0 bridgehead atoms. The Morgan fingerprint density at radius 2 is 1.90 bits per heavy atom. The molecule has 0 atom stereocenters. The van der Waals surface area contributed by atoms with Crippen molar-refractivity contribution in [2.45, 2.75) is 0 Å². The smallest absolute Gasteiger partial charge is 0.337 e. The lowest BCUT2D eigenvalue weighted by molar-refractivity contribution is 0.0601. The molecule has 0 aliphatic heterocycles. The van der Waals surface area contributed by atoms with Gasteiger partial charge in [-0.3, -0.25) is 0 Å². The molecule has 0 fully saturated rings. The third-order valence-electron chi connectivity index (χ3n) is 3.30. The minimum absolute atomic E-state index is 0.378. The molecule has 1 aromatic heterocycles. The van der Waals surface area contributed by atoms with Crippen LogP contribution in [0.1, 0.15) is 10.4 Å². The van der Waals surface area contributed by atoms with E-state index in [1.54, 1.807) is 19.2 Å². The van der Waals surface area contributed by atoms with E-state index in [1.807, 2.05) is 36.4 Å². The summed E-state index contributed by atoms with van der Waals surface area (Å²) in [7, 11) is 2.98. The van der Waals surface area contributed by atoms with Crippen molar-refractivity contribution in [2.75, 3.05) is 14.2 Å². The van der Waals surface area contributed by atoms with Crippen LogP contribution in [0.3, 0.4) is 0 Å². The molecular weight excluding hydrogens is 268 g/mol. The Morgan fingerprint density at radius 3 is 2.67 bits per heavy atom. The fourth-order valence-electron chi connectivity index (χ4n) is 2.19. The molecule has 4 heteroatoms. The van der Waals surface area contributed by atoms with E-state index in [9.17, 15) is 4.79 Å². The van der Waals surface area contributed by atoms with Crippen LogP contribution in [0.4, 0.5) is 0 Å². The summed E-state index contributed by atoms with van der Waals surface area (Å²) in [5, 5.41) is 0.931. The monoisotopic (exact) mass is 282 g/mol. The number of furan rings is 1. The van der Waals surface area contributed by atoms with E-state index in [-0.39, 0.29) is 5.97 Å². The second kappa shape index (κ2) is 5.32. The maximum atomic E-state index is 11.5. The van der Waals surface area contributed by atoms with Gasteiger partial charge in [0.05, 0.1) is 19.8 Å². The molecule has 0 aliphatic rings. The molecule has 0 aliphatic carbocycles. The Bertz CT molecular complexity index is 801. The number of rotatable bonds is 3. The van der Waals surface area contributed by atoms with Crippen molar-refractivity contribution in [2.24, 2.45) is 0 Å². The lowest BCUT2D eigenvalue weighted by Crippen LogP contribution is -1.99. The van der Waals surface area contributed by atoms with Gasteiger partial charge in [0.1, 0.15) is 17.1 Å². The van der Waals surface area contributed by atoms with Gasteiger partial charge < -0.3 is 13.9 Å². The summed E-state index contributed by atoms with van der Waals surface area (Å²) in [4.78, 5) is 11.5. The zero-order chi connectivity index (χ0) is 14.8. The van der Waals surface area contributed by atoms with E-state index in [1.165, 1.54) is 7.11 Å². The van der Waals surface area contributed by atoms with E-state index in [4.69, 9.17) is 13.9 Å². The van der Waals surface area contributed by atoms with Gasteiger partial charge in [0.2, 0.25) is 0 Å². The van der Waals surface area contributed by atoms with Gasteiger partial charge in [0.25, 0.3) is 0 Å². The third kappa shape index (κ3) is 2.48. The Morgan fingerprint density at radius 1 is 1.05 bits per heavy atom. The molecule has 4 nitrogen and oxygen atoms in total. The van der Waals surface area contributed by atoms with Crippen LogP contribution in [0.5, 0.6) is 5.75 Å². The second-order valence-electron chi connectivity index (χ2n) is 4.59. The van der Waals surface area contributed by atoms with Gasteiger partial charge in [-0.2, -0.15) is 0 Å². The first kappa shape index (κ1) is 13.2. The summed E-state index contributed by atoms with van der Waals surface area (Å²) in [6, 6.07) is 14.8. The van der Waals surface area contributed by atoms with Crippen molar-refractivity contribution < 1.29 is 18.7 Å². The van der Waals surface area contributed by atoms with Crippen LogP contribution in [-0.2, 0) is 4.74 Å². The van der Waals surface area contributed by atoms with Crippen molar-refractivity contribution in [1.29, 1.82) is 0 Å². The predicted molar refractivity (Wildman–Crippen MR) is 79.5 cm³/mol. The minimum Gasteiger partial charge on any atom is -0.497 e. The molecule has 0 saturated heterocycles. The molecule has 0 N–H and O–H groups in total. The largest absolute Gasteiger partial charge is 0.497 e. The molecule has 0 saturated carbocycles. The van der Waals surface area contributed by atoms with Crippen molar-refractivity contribution in [3.05, 3.63) is 54.1 Å². The molecule has 0 radical (unpaired) electrons. The highest BCUT2D eigenvalue weighted by Crippen LogP contribution is 2.30. The van der Waals surface area contributed by atoms with Crippen LogP contribution < -0.4 is 4.74 Å². The first-order valence-corrected chi connectivity index (χ1v) is 6.47. The molecule has 3 rings (SSSR count). The van der Waals surface area contributed by atoms with Crippen molar-refractivity contribution in [3.8, 4) is 17.1 Å². The summed E-state index contributed by atoms with van der Waals surface area (Å²) in [5.74, 6) is 1.12. The molecule has 21 heavy (non-hydrogen) atoms. The first-order valence-electron chi connectivity index (χ1n) is 6.47. The van der Waals surface area contributed by atoms with Gasteiger partial charge in [-0.05, 0) is 30.3 Å².